The van der Waals surface area contributed by atoms with E-state index in [1.54, 1.807) is 11.3 Å². The van der Waals surface area contributed by atoms with Crippen LogP contribution in [0.5, 0.6) is 0 Å². The van der Waals surface area contributed by atoms with Gasteiger partial charge in [-0.05, 0) is 36.4 Å². The molecule has 5 rings (SSSR count). The van der Waals surface area contributed by atoms with Crippen molar-refractivity contribution in [1.82, 2.24) is 14.9 Å². The van der Waals surface area contributed by atoms with Gasteiger partial charge in [0.05, 0.1) is 10.4 Å². The number of hydrogen-bond acceptors (Lipinski definition) is 6. The molecule has 2 fully saturated rings. The molecule has 1 amide bonds. The molecule has 0 aliphatic carbocycles. The Kier molecular flexibility index (Phi) is 4.70. The number of aromatic nitrogens is 2. The number of ether oxygens (including phenoxy) is 1. The van der Waals surface area contributed by atoms with Gasteiger partial charge in [0.1, 0.15) is 11.9 Å². The normalized spacial score (nSPS) is 20.1. The number of amides is 1. The number of hydrogen-bond donors (Lipinski definition) is 0. The first-order valence-electron chi connectivity index (χ1n) is 9.75. The van der Waals surface area contributed by atoms with Crippen LogP contribution in [0.4, 0.5) is 5.82 Å². The maximum Gasteiger partial charge on any atom is 0.251 e. The van der Waals surface area contributed by atoms with Crippen LogP contribution in [-0.4, -0.2) is 59.7 Å². The molecular formula is C21H22N4O2S. The highest BCUT2D eigenvalue weighted by atomic mass is 32.1. The van der Waals surface area contributed by atoms with Crippen LogP contribution in [0.15, 0.2) is 41.8 Å². The molecule has 0 radical (unpaired) electrons. The highest BCUT2D eigenvalue weighted by molar-refractivity contribution is 7.13. The van der Waals surface area contributed by atoms with E-state index in [4.69, 9.17) is 14.7 Å². The van der Waals surface area contributed by atoms with Crippen LogP contribution in [0.25, 0.3) is 21.6 Å². The summed E-state index contributed by atoms with van der Waals surface area (Å²) in [5.74, 6) is 1.86. The smallest absolute Gasteiger partial charge is 0.251 e. The largest absolute Gasteiger partial charge is 0.368 e. The summed E-state index contributed by atoms with van der Waals surface area (Å²) in [4.78, 5) is 27.6. The number of carbonyl (C=O) groups is 1. The lowest BCUT2D eigenvalue weighted by Crippen LogP contribution is -2.51. The van der Waals surface area contributed by atoms with E-state index in [-0.39, 0.29) is 12.0 Å². The van der Waals surface area contributed by atoms with E-state index in [0.29, 0.717) is 19.7 Å². The Morgan fingerprint density at radius 2 is 1.93 bits per heavy atom. The van der Waals surface area contributed by atoms with Crippen molar-refractivity contribution >= 4 is 34.0 Å². The van der Waals surface area contributed by atoms with Gasteiger partial charge in [-0.3, -0.25) is 4.79 Å². The lowest BCUT2D eigenvalue weighted by Gasteiger charge is -2.36. The fourth-order valence-corrected chi connectivity index (χ4v) is 4.59. The van der Waals surface area contributed by atoms with E-state index in [2.05, 4.69) is 17.0 Å². The summed E-state index contributed by atoms with van der Waals surface area (Å²) in [5.41, 5.74) is 0.953. The quantitative estimate of drug-likeness (QED) is 0.683. The standard InChI is InChI=1S/C21H22N4O2S/c26-21(17-7-3-13-27-17)25-11-9-24(10-12-25)20-15-5-1-2-6-16(15)22-19(23-20)18-8-4-14-28-18/h1-2,4-6,8,14,17H,3,7,9-13H2/t17-/m0/s1. The Hall–Kier alpha value is -2.51. The van der Waals surface area contributed by atoms with Crippen LogP contribution < -0.4 is 4.90 Å². The van der Waals surface area contributed by atoms with Gasteiger partial charge in [-0.25, -0.2) is 9.97 Å². The first kappa shape index (κ1) is 17.6. The first-order chi connectivity index (χ1) is 13.8. The molecule has 0 N–H and O–H groups in total. The predicted octanol–water partition coefficient (Wildman–Crippen LogP) is 3.19. The van der Waals surface area contributed by atoms with Crippen LogP contribution in [-0.2, 0) is 9.53 Å². The highest BCUT2D eigenvalue weighted by Crippen LogP contribution is 2.30. The average Bonchev–Trinajstić information content (AvgIpc) is 3.47. The fraction of sp³-hybridized carbons (Fsp3) is 0.381. The molecule has 1 atom stereocenters. The molecule has 1 aromatic carbocycles. The molecule has 4 heterocycles. The third kappa shape index (κ3) is 3.25. The molecule has 2 aliphatic rings. The molecule has 0 bridgehead atoms. The highest BCUT2D eigenvalue weighted by Gasteiger charge is 2.31. The van der Waals surface area contributed by atoms with Gasteiger partial charge in [-0.1, -0.05) is 18.2 Å². The zero-order valence-electron chi connectivity index (χ0n) is 15.6. The Bertz CT molecular complexity index is 977. The summed E-state index contributed by atoms with van der Waals surface area (Å²) >= 11 is 1.65. The molecule has 0 unspecified atom stereocenters. The Labute approximate surface area is 167 Å². The zero-order chi connectivity index (χ0) is 18.9. The molecule has 144 valence electrons. The van der Waals surface area contributed by atoms with Gasteiger partial charge in [0, 0.05) is 38.2 Å². The third-order valence-corrected chi connectivity index (χ3v) is 6.29. The van der Waals surface area contributed by atoms with Crippen molar-refractivity contribution in [3.63, 3.8) is 0 Å². The minimum absolute atomic E-state index is 0.143. The van der Waals surface area contributed by atoms with Crippen molar-refractivity contribution in [2.45, 2.75) is 18.9 Å². The number of benzene rings is 1. The lowest BCUT2D eigenvalue weighted by molar-refractivity contribution is -0.141. The second kappa shape index (κ2) is 7.48. The summed E-state index contributed by atoms with van der Waals surface area (Å²) in [6, 6.07) is 12.2. The minimum Gasteiger partial charge on any atom is -0.368 e. The minimum atomic E-state index is -0.239. The molecule has 3 aromatic rings. The van der Waals surface area contributed by atoms with E-state index in [1.165, 1.54) is 0 Å². The molecule has 2 aromatic heterocycles. The molecule has 28 heavy (non-hydrogen) atoms. The molecule has 2 saturated heterocycles. The first-order valence-corrected chi connectivity index (χ1v) is 10.6. The molecule has 6 nitrogen and oxygen atoms in total. The van der Waals surface area contributed by atoms with Crippen LogP contribution in [0.1, 0.15) is 12.8 Å². The van der Waals surface area contributed by atoms with Gasteiger partial charge in [0.2, 0.25) is 0 Å². The van der Waals surface area contributed by atoms with Crippen LogP contribution in [0, 0.1) is 0 Å². The third-order valence-electron chi connectivity index (χ3n) is 5.42. The average molecular weight is 395 g/mol. The van der Waals surface area contributed by atoms with Crippen LogP contribution in [0.3, 0.4) is 0 Å². The van der Waals surface area contributed by atoms with Crippen molar-refractivity contribution in [1.29, 1.82) is 0 Å². The monoisotopic (exact) mass is 394 g/mol. The number of thiophene rings is 1. The Morgan fingerprint density at radius 1 is 1.07 bits per heavy atom. The van der Waals surface area contributed by atoms with Gasteiger partial charge >= 0.3 is 0 Å². The van der Waals surface area contributed by atoms with E-state index in [0.717, 1.165) is 53.4 Å². The zero-order valence-corrected chi connectivity index (χ0v) is 16.4. The topological polar surface area (TPSA) is 58.6 Å². The van der Waals surface area contributed by atoms with E-state index in [1.807, 2.05) is 34.5 Å². The summed E-state index contributed by atoms with van der Waals surface area (Å²) in [6.07, 6.45) is 1.59. The summed E-state index contributed by atoms with van der Waals surface area (Å²) < 4.78 is 5.57. The second-order valence-corrected chi connectivity index (χ2v) is 8.13. The number of carbonyl (C=O) groups excluding carboxylic acids is 1. The summed E-state index contributed by atoms with van der Waals surface area (Å²) in [6.45, 7) is 3.64. The van der Waals surface area contributed by atoms with Crippen molar-refractivity contribution < 1.29 is 9.53 Å². The van der Waals surface area contributed by atoms with Crippen molar-refractivity contribution in [2.75, 3.05) is 37.7 Å². The Balaban J connectivity index is 1.41. The molecule has 0 spiro atoms. The maximum atomic E-state index is 12.6. The summed E-state index contributed by atoms with van der Waals surface area (Å²) in [7, 11) is 0. The van der Waals surface area contributed by atoms with Gasteiger partial charge in [0.15, 0.2) is 5.82 Å². The number of piperazine rings is 1. The summed E-state index contributed by atoms with van der Waals surface area (Å²) in [5, 5.41) is 3.10. The van der Waals surface area contributed by atoms with Gasteiger partial charge in [0.25, 0.3) is 5.91 Å². The van der Waals surface area contributed by atoms with Crippen molar-refractivity contribution in [2.24, 2.45) is 0 Å². The van der Waals surface area contributed by atoms with Gasteiger partial charge in [-0.2, -0.15) is 0 Å². The molecule has 2 aliphatic heterocycles. The molecular weight excluding hydrogens is 372 g/mol. The van der Waals surface area contributed by atoms with Crippen molar-refractivity contribution in [3.8, 4) is 10.7 Å². The number of fused-ring (bicyclic) bond motifs is 1. The van der Waals surface area contributed by atoms with Gasteiger partial charge in [-0.15, -0.1) is 11.3 Å². The number of anilines is 1. The fourth-order valence-electron chi connectivity index (χ4n) is 3.93. The number of para-hydroxylation sites is 1. The Morgan fingerprint density at radius 3 is 2.68 bits per heavy atom. The van der Waals surface area contributed by atoms with E-state index >= 15 is 0 Å². The van der Waals surface area contributed by atoms with E-state index < -0.39 is 0 Å². The molecule has 7 heteroatoms. The predicted molar refractivity (Wildman–Crippen MR) is 111 cm³/mol. The van der Waals surface area contributed by atoms with Crippen LogP contribution in [0.2, 0.25) is 0 Å². The number of nitrogens with zero attached hydrogens (tertiary/aromatic N) is 4. The SMILES string of the molecule is O=C([C@@H]1CCCO1)N1CCN(c2nc(-c3cccs3)nc3ccccc23)CC1. The second-order valence-electron chi connectivity index (χ2n) is 7.18. The molecule has 0 saturated carbocycles. The number of rotatable bonds is 3. The van der Waals surface area contributed by atoms with E-state index in [9.17, 15) is 4.79 Å². The van der Waals surface area contributed by atoms with Crippen LogP contribution >= 0.6 is 11.3 Å². The van der Waals surface area contributed by atoms with Gasteiger partial charge < -0.3 is 14.5 Å². The lowest BCUT2D eigenvalue weighted by atomic mass is 10.1. The van der Waals surface area contributed by atoms with Crippen molar-refractivity contribution in [3.05, 3.63) is 41.8 Å². The maximum absolute atomic E-state index is 12.6.